The highest BCUT2D eigenvalue weighted by atomic mass is 19.3. The van der Waals surface area contributed by atoms with Gasteiger partial charge in [-0.3, -0.25) is 14.1 Å². The average molecular weight is 550 g/mol. The maximum absolute atomic E-state index is 13.1. The molecule has 2 aromatic heterocycles. The summed E-state index contributed by atoms with van der Waals surface area (Å²) in [4.78, 5) is 27.1. The number of halogens is 2. The largest absolute Gasteiger partial charge is 0.396 e. The van der Waals surface area contributed by atoms with Gasteiger partial charge in [-0.15, -0.1) is 12.3 Å². The number of benzene rings is 1. The minimum Gasteiger partial charge on any atom is -0.396 e. The quantitative estimate of drug-likeness (QED) is 0.124. The maximum Gasteiger partial charge on any atom is 0.245 e. The lowest BCUT2D eigenvalue weighted by Crippen LogP contribution is -2.46. The fourth-order valence-electron chi connectivity index (χ4n) is 4.77. The molecule has 0 saturated carbocycles. The topological polar surface area (TPSA) is 62.4 Å². The monoisotopic (exact) mass is 549 g/mol. The first-order valence-electron chi connectivity index (χ1n) is 13.8. The third-order valence-corrected chi connectivity index (χ3v) is 7.03. The summed E-state index contributed by atoms with van der Waals surface area (Å²) < 4.78 is 28.1. The molecule has 3 heterocycles. The van der Waals surface area contributed by atoms with Gasteiger partial charge in [0.1, 0.15) is 18.0 Å². The minimum absolute atomic E-state index is 0.130. The molecule has 0 aliphatic carbocycles. The molecule has 1 fully saturated rings. The van der Waals surface area contributed by atoms with E-state index in [9.17, 15) is 13.6 Å². The first kappa shape index (κ1) is 29.4. The number of aromatic nitrogens is 2. The molecule has 7 nitrogen and oxygen atoms in total. The van der Waals surface area contributed by atoms with E-state index in [0.29, 0.717) is 6.61 Å². The molecule has 0 spiro atoms. The normalized spacial score (nSPS) is 15.1. The molecule has 1 aliphatic heterocycles. The molecule has 0 amide bonds. The smallest absolute Gasteiger partial charge is 0.245 e. The van der Waals surface area contributed by atoms with Crippen LogP contribution < -0.4 is 0 Å². The first-order valence-corrected chi connectivity index (χ1v) is 13.8. The van der Waals surface area contributed by atoms with Crippen molar-refractivity contribution in [1.82, 2.24) is 19.2 Å². The number of rotatable bonds is 14. The van der Waals surface area contributed by atoms with Gasteiger partial charge in [0.15, 0.2) is 0 Å². The van der Waals surface area contributed by atoms with E-state index in [1.165, 1.54) is 0 Å². The summed E-state index contributed by atoms with van der Waals surface area (Å²) >= 11 is 0. The molecule has 0 atom stereocenters. The SMILES string of the molecule is C#CCCN1CCN(CCCON=Cc2ccn3c(-c4cccc(CC(=O)CCC(C)(F)F)c4)cnc3c2)CC1. The first-order chi connectivity index (χ1) is 19.3. The van der Waals surface area contributed by atoms with E-state index < -0.39 is 12.3 Å². The Morgan fingerprint density at radius 3 is 2.70 bits per heavy atom. The summed E-state index contributed by atoms with van der Waals surface area (Å²) in [5.41, 5.74) is 4.20. The van der Waals surface area contributed by atoms with Crippen LogP contribution in [0.1, 0.15) is 43.7 Å². The van der Waals surface area contributed by atoms with Crippen LogP contribution in [0.15, 0.2) is 53.9 Å². The Hall–Kier alpha value is -3.61. The summed E-state index contributed by atoms with van der Waals surface area (Å²) in [5, 5.41) is 4.12. The fraction of sp³-hybridized carbons (Fsp3) is 0.452. The van der Waals surface area contributed by atoms with Crippen molar-refractivity contribution >= 4 is 17.6 Å². The van der Waals surface area contributed by atoms with Crippen LogP contribution in [0.3, 0.4) is 0 Å². The molecular formula is C31H37F2N5O2. The Bertz CT molecular complexity index is 1330. The summed E-state index contributed by atoms with van der Waals surface area (Å²) in [6.45, 7) is 7.61. The molecule has 1 aliphatic rings. The molecule has 1 aromatic carbocycles. The fourth-order valence-corrected chi connectivity index (χ4v) is 4.77. The number of alkyl halides is 2. The highest BCUT2D eigenvalue weighted by Crippen LogP contribution is 2.24. The van der Waals surface area contributed by atoms with Gasteiger partial charge in [0.25, 0.3) is 0 Å². The molecular weight excluding hydrogens is 512 g/mol. The van der Waals surface area contributed by atoms with E-state index >= 15 is 0 Å². The minimum atomic E-state index is -2.83. The summed E-state index contributed by atoms with van der Waals surface area (Å²) in [6.07, 6.45) is 12.0. The molecule has 212 valence electrons. The van der Waals surface area contributed by atoms with Gasteiger partial charge in [0.05, 0.1) is 18.1 Å². The second-order valence-electron chi connectivity index (χ2n) is 10.4. The highest BCUT2D eigenvalue weighted by molar-refractivity contribution is 5.82. The number of ketones is 1. The average Bonchev–Trinajstić information content (AvgIpc) is 3.36. The molecule has 1 saturated heterocycles. The van der Waals surface area contributed by atoms with Crippen LogP contribution in [0.2, 0.25) is 0 Å². The number of Topliss-reactive ketones (excluding diaryl/α,β-unsaturated/α-hetero) is 1. The number of carbonyl (C=O) groups is 1. The van der Waals surface area contributed by atoms with E-state index in [0.717, 1.165) is 87.1 Å². The number of carbonyl (C=O) groups excluding carboxylic acids is 1. The van der Waals surface area contributed by atoms with Gasteiger partial charge in [-0.05, 0) is 37.1 Å². The molecule has 0 N–H and O–H groups in total. The van der Waals surface area contributed by atoms with Crippen molar-refractivity contribution in [3.63, 3.8) is 0 Å². The Balaban J connectivity index is 1.25. The number of piperazine rings is 1. The van der Waals surface area contributed by atoms with Gasteiger partial charge in [-0.1, -0.05) is 23.4 Å². The molecule has 0 unspecified atom stereocenters. The Kier molecular flexibility index (Phi) is 10.4. The van der Waals surface area contributed by atoms with Gasteiger partial charge in [0, 0.05) is 82.3 Å². The number of hydrogen-bond acceptors (Lipinski definition) is 6. The van der Waals surface area contributed by atoms with E-state index in [4.69, 9.17) is 11.3 Å². The van der Waals surface area contributed by atoms with Crippen molar-refractivity contribution in [2.24, 2.45) is 5.16 Å². The van der Waals surface area contributed by atoms with Crippen LogP contribution in [0.25, 0.3) is 16.9 Å². The second kappa shape index (κ2) is 14.1. The number of nitrogens with zero attached hydrogens (tertiary/aromatic N) is 5. The second-order valence-corrected chi connectivity index (χ2v) is 10.4. The van der Waals surface area contributed by atoms with Gasteiger partial charge < -0.3 is 9.74 Å². The maximum atomic E-state index is 13.1. The number of pyridine rings is 1. The van der Waals surface area contributed by atoms with Gasteiger partial charge in [0.2, 0.25) is 5.92 Å². The summed E-state index contributed by atoms with van der Waals surface area (Å²) in [7, 11) is 0. The van der Waals surface area contributed by atoms with Gasteiger partial charge in [-0.2, -0.15) is 0 Å². The van der Waals surface area contributed by atoms with Crippen LogP contribution in [-0.4, -0.2) is 83.0 Å². The molecule has 0 bridgehead atoms. The lowest BCUT2D eigenvalue weighted by molar-refractivity contribution is -0.120. The summed E-state index contributed by atoms with van der Waals surface area (Å²) in [6, 6.07) is 11.4. The van der Waals surface area contributed by atoms with E-state index in [-0.39, 0.29) is 18.6 Å². The van der Waals surface area contributed by atoms with Gasteiger partial charge in [-0.25, -0.2) is 13.8 Å². The standard InChI is InChI=1S/C31H37F2N5O2/c1-3-4-12-36-15-17-37(18-16-36)13-6-19-40-35-23-26-10-14-38-29(24-34-30(38)22-26)27-8-5-7-25(20-27)21-28(39)9-11-31(2,32)33/h1,5,7-8,10,14,20,22-24H,4,6,9,11-13,15-19,21H2,2H3. The van der Waals surface area contributed by atoms with Crippen molar-refractivity contribution < 1.29 is 18.4 Å². The number of terminal acetylenes is 1. The van der Waals surface area contributed by atoms with Crippen molar-refractivity contribution in [3.8, 4) is 23.6 Å². The predicted molar refractivity (Wildman–Crippen MR) is 154 cm³/mol. The Labute approximate surface area is 234 Å². The molecule has 0 radical (unpaired) electrons. The number of oxime groups is 1. The third kappa shape index (κ3) is 8.97. The van der Waals surface area contributed by atoms with Gasteiger partial charge >= 0.3 is 0 Å². The zero-order valence-electron chi connectivity index (χ0n) is 23.1. The number of hydrogen-bond donors (Lipinski definition) is 0. The Morgan fingerprint density at radius 2 is 1.95 bits per heavy atom. The summed E-state index contributed by atoms with van der Waals surface area (Å²) in [5.74, 6) is -0.321. The molecule has 9 heteroatoms. The lowest BCUT2D eigenvalue weighted by atomic mass is 10.0. The third-order valence-electron chi connectivity index (χ3n) is 7.03. The van der Waals surface area contributed by atoms with E-state index in [1.807, 2.05) is 47.0 Å². The molecule has 4 rings (SSSR count). The molecule has 40 heavy (non-hydrogen) atoms. The van der Waals surface area contributed by atoms with Crippen molar-refractivity contribution in [2.75, 3.05) is 45.9 Å². The van der Waals surface area contributed by atoms with Crippen LogP contribution >= 0.6 is 0 Å². The number of fused-ring (bicyclic) bond motifs is 1. The Morgan fingerprint density at radius 1 is 1.18 bits per heavy atom. The van der Waals surface area contributed by atoms with E-state index in [1.54, 1.807) is 12.4 Å². The van der Waals surface area contributed by atoms with Crippen LogP contribution in [0, 0.1) is 12.3 Å². The lowest BCUT2D eigenvalue weighted by Gasteiger charge is -2.34. The van der Waals surface area contributed by atoms with Crippen molar-refractivity contribution in [2.45, 2.75) is 45.0 Å². The van der Waals surface area contributed by atoms with Crippen molar-refractivity contribution in [3.05, 3.63) is 59.9 Å². The predicted octanol–water partition coefficient (Wildman–Crippen LogP) is 4.93. The van der Waals surface area contributed by atoms with E-state index in [2.05, 4.69) is 25.9 Å². The molecule has 3 aromatic rings. The van der Waals surface area contributed by atoms with Crippen LogP contribution in [0.4, 0.5) is 8.78 Å². The van der Waals surface area contributed by atoms with Crippen molar-refractivity contribution in [1.29, 1.82) is 0 Å². The van der Waals surface area contributed by atoms with Crippen LogP contribution in [-0.2, 0) is 16.1 Å². The zero-order chi connectivity index (χ0) is 28.4. The number of imidazole rings is 1. The van der Waals surface area contributed by atoms with Crippen LogP contribution in [0.5, 0.6) is 0 Å². The highest BCUT2D eigenvalue weighted by Gasteiger charge is 2.22. The zero-order valence-corrected chi connectivity index (χ0v) is 23.1.